The Morgan fingerprint density at radius 2 is 1.50 bits per heavy atom. The Labute approximate surface area is 113 Å². The molecule has 1 aromatic carbocycles. The van der Waals surface area contributed by atoms with Crippen molar-refractivity contribution in [1.82, 2.24) is 4.98 Å². The lowest BCUT2D eigenvalue weighted by Crippen LogP contribution is -2.04. The lowest BCUT2D eigenvalue weighted by molar-refractivity contribution is 0.341. The maximum absolute atomic E-state index is 13.5. The lowest BCUT2D eigenvalue weighted by Gasteiger charge is -2.14. The van der Waals surface area contributed by atoms with E-state index in [1.54, 1.807) is 18.2 Å². The van der Waals surface area contributed by atoms with E-state index in [0.29, 0.717) is 5.56 Å². The predicted octanol–water partition coefficient (Wildman–Crippen LogP) is 4.55. The maximum Gasteiger partial charge on any atom is 0.255 e. The quantitative estimate of drug-likeness (QED) is 0.609. The summed E-state index contributed by atoms with van der Waals surface area (Å²) in [6, 6.07) is 6.47. The van der Waals surface area contributed by atoms with Crippen LogP contribution in [0.4, 0.5) is 17.6 Å². The van der Waals surface area contributed by atoms with Gasteiger partial charge in [-0.3, -0.25) is 0 Å². The molecule has 0 radical (unpaired) electrons. The van der Waals surface area contributed by atoms with E-state index >= 15 is 0 Å². The minimum Gasteiger partial charge on any atom is -0.451 e. The molecule has 0 unspecified atom stereocenters. The first kappa shape index (κ1) is 14.3. The van der Waals surface area contributed by atoms with E-state index < -0.39 is 29.3 Å². The Balaban J connectivity index is 2.51. The first-order valence-electron chi connectivity index (χ1n) is 5.88. The highest BCUT2D eigenvalue weighted by Gasteiger charge is 2.23. The summed E-state index contributed by atoms with van der Waals surface area (Å²) in [5.74, 6) is -7.82. The number of aromatic nitrogens is 1. The third-order valence-electron chi connectivity index (χ3n) is 2.71. The highest BCUT2D eigenvalue weighted by molar-refractivity contribution is 5.40. The summed E-state index contributed by atoms with van der Waals surface area (Å²) in [5.41, 5.74) is 0.656. The number of hydrogen-bond donors (Lipinski definition) is 0. The van der Waals surface area contributed by atoms with E-state index in [9.17, 15) is 17.6 Å². The van der Waals surface area contributed by atoms with E-state index in [2.05, 4.69) is 4.98 Å². The molecule has 0 spiro atoms. The Hall–Kier alpha value is -2.11. The number of ether oxygens (including phenoxy) is 1. The number of rotatable bonds is 3. The summed E-state index contributed by atoms with van der Waals surface area (Å²) in [7, 11) is 0. The average Bonchev–Trinajstić information content (AvgIpc) is 2.41. The van der Waals surface area contributed by atoms with E-state index in [1.165, 1.54) is 6.07 Å². The van der Waals surface area contributed by atoms with Crippen molar-refractivity contribution in [3.63, 3.8) is 0 Å². The molecule has 0 saturated carbocycles. The zero-order chi connectivity index (χ0) is 14.9. The molecule has 0 bridgehead atoms. The number of pyridine rings is 1. The molecule has 0 N–H and O–H groups in total. The highest BCUT2D eigenvalue weighted by atomic mass is 19.2. The average molecular weight is 285 g/mol. The van der Waals surface area contributed by atoms with Crippen LogP contribution in [0.5, 0.6) is 11.5 Å². The molecule has 20 heavy (non-hydrogen) atoms. The molecule has 0 aliphatic carbocycles. The van der Waals surface area contributed by atoms with Gasteiger partial charge in [-0.25, -0.2) is 0 Å². The molecule has 1 aromatic heterocycles. The van der Waals surface area contributed by atoms with Crippen molar-refractivity contribution in [3.8, 4) is 11.5 Å². The molecule has 0 aliphatic heterocycles. The maximum atomic E-state index is 13.5. The van der Waals surface area contributed by atoms with Crippen LogP contribution in [0.3, 0.4) is 0 Å². The number of benzene rings is 1. The number of para-hydroxylation sites is 1. The van der Waals surface area contributed by atoms with Gasteiger partial charge in [0.05, 0.1) is 0 Å². The second kappa shape index (κ2) is 5.48. The molecule has 0 amide bonds. The molecule has 106 valence electrons. The van der Waals surface area contributed by atoms with Crippen molar-refractivity contribution in [3.05, 3.63) is 53.4 Å². The van der Waals surface area contributed by atoms with Crippen LogP contribution in [-0.4, -0.2) is 4.98 Å². The molecular weight excluding hydrogens is 274 g/mol. The number of nitrogens with zero attached hydrogens (tertiary/aromatic N) is 1. The van der Waals surface area contributed by atoms with Gasteiger partial charge in [-0.05, 0) is 17.5 Å². The monoisotopic (exact) mass is 285 g/mol. The van der Waals surface area contributed by atoms with E-state index in [1.807, 2.05) is 13.8 Å². The third-order valence-corrected chi connectivity index (χ3v) is 2.71. The largest absolute Gasteiger partial charge is 0.451 e. The topological polar surface area (TPSA) is 22.1 Å². The van der Waals surface area contributed by atoms with Crippen LogP contribution in [-0.2, 0) is 0 Å². The fourth-order valence-electron chi connectivity index (χ4n) is 1.72. The van der Waals surface area contributed by atoms with Crippen molar-refractivity contribution in [2.24, 2.45) is 0 Å². The number of halogens is 4. The van der Waals surface area contributed by atoms with E-state index in [4.69, 9.17) is 4.74 Å². The molecule has 0 fully saturated rings. The first-order chi connectivity index (χ1) is 9.41. The Morgan fingerprint density at radius 3 is 2.05 bits per heavy atom. The standard InChI is InChI=1S/C14H11F4NO/c1-7(2)8-5-3-4-6-9(8)20-12-10(15)13(17)19-14(18)11(12)16/h3-7H,1-2H3. The van der Waals surface area contributed by atoms with Crippen LogP contribution in [0.25, 0.3) is 0 Å². The normalized spacial score (nSPS) is 10.9. The van der Waals surface area contributed by atoms with Gasteiger partial charge in [0.1, 0.15) is 5.75 Å². The van der Waals surface area contributed by atoms with Gasteiger partial charge in [0.2, 0.25) is 17.4 Å². The number of hydrogen-bond acceptors (Lipinski definition) is 2. The van der Waals surface area contributed by atoms with Crippen LogP contribution in [0, 0.1) is 23.5 Å². The van der Waals surface area contributed by atoms with Crippen LogP contribution in [0.1, 0.15) is 25.3 Å². The van der Waals surface area contributed by atoms with Crippen molar-refractivity contribution in [2.45, 2.75) is 19.8 Å². The summed E-state index contributed by atoms with van der Waals surface area (Å²) >= 11 is 0. The molecule has 6 heteroatoms. The molecule has 0 saturated heterocycles. The van der Waals surface area contributed by atoms with Crippen LogP contribution in [0.2, 0.25) is 0 Å². The molecule has 0 atom stereocenters. The van der Waals surface area contributed by atoms with E-state index in [-0.39, 0.29) is 11.7 Å². The molecule has 2 rings (SSSR count). The molecule has 1 heterocycles. The smallest absolute Gasteiger partial charge is 0.255 e. The van der Waals surface area contributed by atoms with Gasteiger partial charge in [-0.1, -0.05) is 32.0 Å². The summed E-state index contributed by atoms with van der Waals surface area (Å²) in [6.07, 6.45) is 0. The summed E-state index contributed by atoms with van der Waals surface area (Å²) in [4.78, 5) is 2.47. The Kier molecular flexibility index (Phi) is 3.92. The van der Waals surface area contributed by atoms with E-state index in [0.717, 1.165) is 0 Å². The fraction of sp³-hybridized carbons (Fsp3) is 0.214. The van der Waals surface area contributed by atoms with Crippen LogP contribution < -0.4 is 4.74 Å². The fourth-order valence-corrected chi connectivity index (χ4v) is 1.72. The minimum atomic E-state index is -1.75. The van der Waals surface area contributed by atoms with Gasteiger partial charge >= 0.3 is 0 Å². The summed E-state index contributed by atoms with van der Waals surface area (Å²) < 4.78 is 58.0. The Bertz CT molecular complexity index is 617. The Morgan fingerprint density at radius 1 is 0.950 bits per heavy atom. The molecular formula is C14H11F4NO. The predicted molar refractivity (Wildman–Crippen MR) is 64.7 cm³/mol. The summed E-state index contributed by atoms with van der Waals surface area (Å²) in [5, 5.41) is 0. The van der Waals surface area contributed by atoms with Crippen molar-refractivity contribution in [1.29, 1.82) is 0 Å². The van der Waals surface area contributed by atoms with Gasteiger partial charge < -0.3 is 4.74 Å². The van der Waals surface area contributed by atoms with Crippen molar-refractivity contribution < 1.29 is 22.3 Å². The van der Waals surface area contributed by atoms with Gasteiger partial charge in [0.15, 0.2) is 0 Å². The molecule has 2 nitrogen and oxygen atoms in total. The minimum absolute atomic E-state index is 0.00820. The van der Waals surface area contributed by atoms with Crippen LogP contribution >= 0.6 is 0 Å². The summed E-state index contributed by atoms with van der Waals surface area (Å²) in [6.45, 7) is 3.70. The zero-order valence-electron chi connectivity index (χ0n) is 10.8. The molecule has 2 aromatic rings. The zero-order valence-corrected chi connectivity index (χ0v) is 10.8. The van der Waals surface area contributed by atoms with Gasteiger partial charge in [-0.2, -0.15) is 22.5 Å². The van der Waals surface area contributed by atoms with Crippen LogP contribution in [0.15, 0.2) is 24.3 Å². The van der Waals surface area contributed by atoms with Gasteiger partial charge in [0.25, 0.3) is 11.9 Å². The third kappa shape index (κ3) is 2.59. The second-order valence-corrected chi connectivity index (χ2v) is 4.45. The van der Waals surface area contributed by atoms with Gasteiger partial charge in [0, 0.05) is 0 Å². The molecule has 0 aliphatic rings. The van der Waals surface area contributed by atoms with Crippen molar-refractivity contribution in [2.75, 3.05) is 0 Å². The highest BCUT2D eigenvalue weighted by Crippen LogP contribution is 2.34. The van der Waals surface area contributed by atoms with Crippen molar-refractivity contribution >= 4 is 0 Å². The second-order valence-electron chi connectivity index (χ2n) is 4.45. The lowest BCUT2D eigenvalue weighted by atomic mass is 10.0. The first-order valence-corrected chi connectivity index (χ1v) is 5.88. The SMILES string of the molecule is CC(C)c1ccccc1Oc1c(F)c(F)nc(F)c1F. The van der Waals surface area contributed by atoms with Gasteiger partial charge in [-0.15, -0.1) is 0 Å².